The zero-order valence-electron chi connectivity index (χ0n) is 21.5. The molecule has 1 saturated heterocycles. The predicted molar refractivity (Wildman–Crippen MR) is 152 cm³/mol. The number of nitro benzene ring substituents is 1. The van der Waals surface area contributed by atoms with Gasteiger partial charge in [0, 0.05) is 30.9 Å². The average molecular weight is 542 g/mol. The van der Waals surface area contributed by atoms with Crippen molar-refractivity contribution >= 4 is 34.6 Å². The van der Waals surface area contributed by atoms with Crippen LogP contribution in [0.4, 0.5) is 11.4 Å². The van der Waals surface area contributed by atoms with Crippen molar-refractivity contribution in [3.05, 3.63) is 112 Å². The van der Waals surface area contributed by atoms with E-state index in [1.165, 1.54) is 6.07 Å². The Morgan fingerprint density at radius 2 is 1.92 bits per heavy atom. The molecular formula is C29H27N5O4S. The van der Waals surface area contributed by atoms with Crippen LogP contribution in [0.25, 0.3) is 11.3 Å². The Morgan fingerprint density at radius 1 is 1.13 bits per heavy atom. The molecule has 5 rings (SSSR count). The van der Waals surface area contributed by atoms with E-state index in [0.717, 1.165) is 22.5 Å². The molecule has 39 heavy (non-hydrogen) atoms. The number of nitrogens with zero attached hydrogens (tertiary/aromatic N) is 3. The third-order valence-electron chi connectivity index (χ3n) is 6.73. The summed E-state index contributed by atoms with van der Waals surface area (Å²) in [6.07, 6.45) is 1.90. The number of aromatic nitrogens is 1. The van der Waals surface area contributed by atoms with Gasteiger partial charge >= 0.3 is 0 Å². The van der Waals surface area contributed by atoms with E-state index >= 15 is 0 Å². The van der Waals surface area contributed by atoms with E-state index in [0.29, 0.717) is 28.7 Å². The number of furan rings is 1. The molecule has 1 aliphatic rings. The second-order valence-electron chi connectivity index (χ2n) is 9.41. The molecule has 0 bridgehead atoms. The number of hydrogen-bond donors (Lipinski definition) is 2. The topological polar surface area (TPSA) is 114 Å². The summed E-state index contributed by atoms with van der Waals surface area (Å²) in [6, 6.07) is 20.8. The lowest BCUT2D eigenvalue weighted by Crippen LogP contribution is -2.32. The molecule has 3 heterocycles. The number of hydrogen-bond acceptors (Lipinski definition) is 6. The first-order chi connectivity index (χ1) is 18.8. The smallest absolute Gasteiger partial charge is 0.280 e. The summed E-state index contributed by atoms with van der Waals surface area (Å²) in [5.41, 5.74) is 3.93. The SMILES string of the molecule is Cc1ccc(C)c(NC(=O)CCN2C(=S)N[C@H](c3ccccn3)[C@H]2c2ccc(-c3ccccc3[N+](=O)[O-])o2)c1. The fourth-order valence-electron chi connectivity index (χ4n) is 4.76. The molecule has 0 unspecified atom stereocenters. The molecule has 0 radical (unpaired) electrons. The molecule has 1 aliphatic heterocycles. The lowest BCUT2D eigenvalue weighted by Gasteiger charge is -2.26. The van der Waals surface area contributed by atoms with Gasteiger partial charge in [0.2, 0.25) is 5.91 Å². The quantitative estimate of drug-likeness (QED) is 0.162. The van der Waals surface area contributed by atoms with Crippen LogP contribution < -0.4 is 10.6 Å². The first-order valence-electron chi connectivity index (χ1n) is 12.5. The molecule has 10 heteroatoms. The normalized spacial score (nSPS) is 16.7. The number of aryl methyl sites for hydroxylation is 2. The van der Waals surface area contributed by atoms with Gasteiger partial charge in [-0.05, 0) is 73.6 Å². The standard InChI is InChI=1S/C29H27N5O4S/c1-18-10-11-19(2)22(17-18)31-26(35)14-16-33-28(27(32-29(33)39)21-8-5-6-15-30-21)25-13-12-24(38-25)20-7-3-4-9-23(20)34(36)37/h3-13,15,17,27-28H,14,16H2,1-2H3,(H,31,35)(H,32,39)/t27-,28-/m1/s1. The molecule has 1 fully saturated rings. The Kier molecular flexibility index (Phi) is 7.38. The van der Waals surface area contributed by atoms with Gasteiger partial charge in [0.15, 0.2) is 5.11 Å². The number of nitrogens with one attached hydrogen (secondary N) is 2. The Balaban J connectivity index is 1.43. The molecule has 2 aromatic heterocycles. The fourth-order valence-corrected chi connectivity index (χ4v) is 5.09. The van der Waals surface area contributed by atoms with Crippen molar-refractivity contribution in [2.45, 2.75) is 32.4 Å². The summed E-state index contributed by atoms with van der Waals surface area (Å²) in [5.74, 6) is 0.801. The van der Waals surface area contributed by atoms with Gasteiger partial charge in [0.05, 0.1) is 22.2 Å². The van der Waals surface area contributed by atoms with Crippen LogP contribution in [-0.2, 0) is 4.79 Å². The average Bonchev–Trinajstić information content (AvgIpc) is 3.54. The van der Waals surface area contributed by atoms with Crippen molar-refractivity contribution in [2.75, 3.05) is 11.9 Å². The first-order valence-corrected chi connectivity index (χ1v) is 12.9. The van der Waals surface area contributed by atoms with Crippen LogP contribution in [0.5, 0.6) is 0 Å². The minimum Gasteiger partial charge on any atom is -0.459 e. The fraction of sp³-hybridized carbons (Fsp3) is 0.207. The van der Waals surface area contributed by atoms with Crippen LogP contribution in [0.15, 0.2) is 83.4 Å². The van der Waals surface area contributed by atoms with Crippen LogP contribution in [-0.4, -0.2) is 32.4 Å². The Morgan fingerprint density at radius 3 is 2.69 bits per heavy atom. The van der Waals surface area contributed by atoms with E-state index in [-0.39, 0.29) is 24.1 Å². The van der Waals surface area contributed by atoms with Gasteiger partial charge in [-0.3, -0.25) is 19.9 Å². The maximum absolute atomic E-state index is 12.9. The van der Waals surface area contributed by atoms with Crippen molar-refractivity contribution in [3.8, 4) is 11.3 Å². The molecule has 2 aromatic carbocycles. The van der Waals surface area contributed by atoms with Crippen LogP contribution >= 0.6 is 12.2 Å². The highest BCUT2D eigenvalue weighted by Crippen LogP contribution is 2.41. The summed E-state index contributed by atoms with van der Waals surface area (Å²) in [4.78, 5) is 30.5. The molecule has 2 atom stereocenters. The van der Waals surface area contributed by atoms with Crippen LogP contribution in [0.3, 0.4) is 0 Å². The first kappa shape index (κ1) is 26.1. The monoisotopic (exact) mass is 541 g/mol. The summed E-state index contributed by atoms with van der Waals surface area (Å²) in [6.45, 7) is 4.26. The van der Waals surface area contributed by atoms with Crippen LogP contribution in [0.1, 0.15) is 41.1 Å². The number of para-hydroxylation sites is 1. The second-order valence-corrected chi connectivity index (χ2v) is 9.80. The summed E-state index contributed by atoms with van der Waals surface area (Å²) >= 11 is 5.69. The predicted octanol–water partition coefficient (Wildman–Crippen LogP) is 5.87. The van der Waals surface area contributed by atoms with E-state index in [9.17, 15) is 14.9 Å². The van der Waals surface area contributed by atoms with Crippen molar-refractivity contribution in [3.63, 3.8) is 0 Å². The molecule has 2 N–H and O–H groups in total. The Hall–Kier alpha value is -4.57. The zero-order chi connectivity index (χ0) is 27.5. The Bertz CT molecular complexity index is 1540. The number of rotatable bonds is 8. The minimum atomic E-state index is -0.429. The van der Waals surface area contributed by atoms with Crippen molar-refractivity contribution in [1.82, 2.24) is 15.2 Å². The van der Waals surface area contributed by atoms with Gasteiger partial charge < -0.3 is 20.0 Å². The van der Waals surface area contributed by atoms with Gasteiger partial charge in [-0.2, -0.15) is 0 Å². The maximum Gasteiger partial charge on any atom is 0.280 e. The number of amides is 1. The summed E-state index contributed by atoms with van der Waals surface area (Å²) in [7, 11) is 0. The molecule has 0 spiro atoms. The van der Waals surface area contributed by atoms with Crippen molar-refractivity contribution < 1.29 is 14.1 Å². The minimum absolute atomic E-state index is 0.0419. The zero-order valence-corrected chi connectivity index (χ0v) is 22.3. The molecule has 0 aliphatic carbocycles. The van der Waals surface area contributed by atoms with E-state index in [2.05, 4.69) is 15.6 Å². The molecule has 198 valence electrons. The van der Waals surface area contributed by atoms with E-state index in [4.69, 9.17) is 16.6 Å². The molecule has 1 amide bonds. The van der Waals surface area contributed by atoms with Crippen LogP contribution in [0, 0.1) is 24.0 Å². The highest BCUT2D eigenvalue weighted by Gasteiger charge is 2.41. The third kappa shape index (κ3) is 5.51. The molecule has 4 aromatic rings. The Labute approximate surface area is 231 Å². The number of carbonyl (C=O) groups is 1. The number of anilines is 1. The van der Waals surface area contributed by atoms with E-state index in [1.54, 1.807) is 36.5 Å². The van der Waals surface area contributed by atoms with Gasteiger partial charge in [-0.1, -0.05) is 30.3 Å². The van der Waals surface area contributed by atoms with Gasteiger partial charge in [-0.25, -0.2) is 0 Å². The van der Waals surface area contributed by atoms with E-state index in [1.807, 2.05) is 55.1 Å². The van der Waals surface area contributed by atoms with Gasteiger partial charge in [-0.15, -0.1) is 0 Å². The lowest BCUT2D eigenvalue weighted by atomic mass is 10.0. The molecule has 0 saturated carbocycles. The molecular weight excluding hydrogens is 514 g/mol. The molecule has 9 nitrogen and oxygen atoms in total. The van der Waals surface area contributed by atoms with Crippen molar-refractivity contribution in [2.24, 2.45) is 0 Å². The maximum atomic E-state index is 12.9. The summed E-state index contributed by atoms with van der Waals surface area (Å²) in [5, 5.41) is 18.4. The van der Waals surface area contributed by atoms with E-state index < -0.39 is 11.0 Å². The lowest BCUT2D eigenvalue weighted by molar-refractivity contribution is -0.384. The number of nitro groups is 1. The highest BCUT2D eigenvalue weighted by atomic mass is 32.1. The van der Waals surface area contributed by atoms with Gasteiger partial charge in [0.25, 0.3) is 5.69 Å². The third-order valence-corrected chi connectivity index (χ3v) is 7.08. The van der Waals surface area contributed by atoms with Crippen LogP contribution in [0.2, 0.25) is 0 Å². The highest BCUT2D eigenvalue weighted by molar-refractivity contribution is 7.80. The number of benzene rings is 2. The van der Waals surface area contributed by atoms with Gasteiger partial charge in [0.1, 0.15) is 17.6 Å². The number of thiocarbonyl (C=S) groups is 1. The largest absolute Gasteiger partial charge is 0.459 e. The van der Waals surface area contributed by atoms with Crippen molar-refractivity contribution in [1.29, 1.82) is 0 Å². The second kappa shape index (κ2) is 11.0. The summed E-state index contributed by atoms with van der Waals surface area (Å²) < 4.78 is 6.23. The number of pyridine rings is 1. The number of carbonyl (C=O) groups excluding carboxylic acids is 1.